The van der Waals surface area contributed by atoms with Crippen molar-refractivity contribution in [1.29, 1.82) is 0 Å². The number of unbranched alkanes of at least 4 members (excludes halogenated alkanes) is 6. The van der Waals surface area contributed by atoms with Crippen LogP contribution in [0.5, 0.6) is 0 Å². The van der Waals surface area contributed by atoms with Crippen LogP contribution in [0.15, 0.2) is 0 Å². The van der Waals surface area contributed by atoms with E-state index in [-0.39, 0.29) is 0 Å². The number of hydrogen-bond donors (Lipinski definition) is 0. The highest BCUT2D eigenvalue weighted by Gasteiger charge is 2.08. The van der Waals surface area contributed by atoms with Crippen LogP contribution in [0.4, 0.5) is 0 Å². The molecule has 0 atom stereocenters. The normalized spacial score (nSPS) is 11.8. The minimum atomic E-state index is 0.834. The first-order chi connectivity index (χ1) is 15.3. The smallest absolute Gasteiger partial charge is 0.00163 e. The highest BCUT2D eigenvalue weighted by atomic mass is 15.1. The summed E-state index contributed by atoms with van der Waals surface area (Å²) in [7, 11) is 0. The Hall–Kier alpha value is -0.0800. The fraction of sp³-hybridized carbons (Fsp3) is 1.00. The van der Waals surface area contributed by atoms with Gasteiger partial charge < -0.3 is 9.80 Å². The summed E-state index contributed by atoms with van der Waals surface area (Å²) in [6, 6.07) is 0. The summed E-state index contributed by atoms with van der Waals surface area (Å²) >= 11 is 0. The molecular weight excluding hydrogens is 388 g/mol. The Kier molecular flexibility index (Phi) is 27.2. The largest absolute Gasteiger partial charge is 0.303 e. The second-order valence-electron chi connectivity index (χ2n) is 11.4. The van der Waals surface area contributed by atoms with Crippen molar-refractivity contribution in [2.75, 3.05) is 39.3 Å². The topological polar surface area (TPSA) is 6.48 Å². The van der Waals surface area contributed by atoms with E-state index in [1.165, 1.54) is 116 Å². The fourth-order valence-corrected chi connectivity index (χ4v) is 3.75. The molecule has 32 heavy (non-hydrogen) atoms. The number of rotatable bonds is 21. The van der Waals surface area contributed by atoms with E-state index in [9.17, 15) is 0 Å². The summed E-state index contributed by atoms with van der Waals surface area (Å²) < 4.78 is 0. The van der Waals surface area contributed by atoms with Gasteiger partial charge in [0, 0.05) is 0 Å². The molecule has 0 aliphatic heterocycles. The molecule has 0 fully saturated rings. The first-order valence-electron chi connectivity index (χ1n) is 14.7. The minimum absolute atomic E-state index is 0.834. The van der Waals surface area contributed by atoms with Crippen molar-refractivity contribution in [1.82, 2.24) is 9.80 Å². The van der Waals surface area contributed by atoms with Gasteiger partial charge in [-0.25, -0.2) is 0 Å². The van der Waals surface area contributed by atoms with E-state index < -0.39 is 0 Å². The van der Waals surface area contributed by atoms with E-state index in [0.717, 1.165) is 17.8 Å². The van der Waals surface area contributed by atoms with Crippen LogP contribution in [0.1, 0.15) is 139 Å². The SMILES string of the molecule is CC(C)CCN(CCC(C)C)CCC(C)C.CCCCCN(CCCCC)CCCCC. The Morgan fingerprint density at radius 3 is 0.844 bits per heavy atom. The van der Waals surface area contributed by atoms with Crippen molar-refractivity contribution in [2.24, 2.45) is 17.8 Å². The van der Waals surface area contributed by atoms with Crippen molar-refractivity contribution in [3.63, 3.8) is 0 Å². The zero-order valence-corrected chi connectivity index (χ0v) is 24.4. The lowest BCUT2D eigenvalue weighted by Gasteiger charge is -2.24. The van der Waals surface area contributed by atoms with Gasteiger partial charge in [0.05, 0.1) is 0 Å². The highest BCUT2D eigenvalue weighted by molar-refractivity contribution is 4.62. The molecular formula is C30H66N2. The van der Waals surface area contributed by atoms with Gasteiger partial charge in [0.2, 0.25) is 0 Å². The van der Waals surface area contributed by atoms with Gasteiger partial charge in [-0.15, -0.1) is 0 Å². The van der Waals surface area contributed by atoms with Gasteiger partial charge >= 0.3 is 0 Å². The third-order valence-electron chi connectivity index (χ3n) is 6.30. The summed E-state index contributed by atoms with van der Waals surface area (Å²) in [5.41, 5.74) is 0. The molecule has 0 aromatic rings. The van der Waals surface area contributed by atoms with Crippen molar-refractivity contribution in [3.8, 4) is 0 Å². The molecule has 0 amide bonds. The molecule has 0 bridgehead atoms. The second-order valence-corrected chi connectivity index (χ2v) is 11.4. The third-order valence-corrected chi connectivity index (χ3v) is 6.30. The molecule has 2 heteroatoms. The molecule has 0 unspecified atom stereocenters. The van der Waals surface area contributed by atoms with Gasteiger partial charge in [0.1, 0.15) is 0 Å². The minimum Gasteiger partial charge on any atom is -0.303 e. The van der Waals surface area contributed by atoms with Crippen LogP contribution in [-0.4, -0.2) is 49.1 Å². The van der Waals surface area contributed by atoms with E-state index >= 15 is 0 Å². The van der Waals surface area contributed by atoms with Gasteiger partial charge in [0.25, 0.3) is 0 Å². The van der Waals surface area contributed by atoms with Gasteiger partial charge in [0.15, 0.2) is 0 Å². The summed E-state index contributed by atoms with van der Waals surface area (Å²) in [6.45, 7) is 28.7. The molecule has 0 heterocycles. The molecule has 0 spiro atoms. The molecule has 0 N–H and O–H groups in total. The third kappa shape index (κ3) is 28.0. The number of hydrogen-bond acceptors (Lipinski definition) is 2. The summed E-state index contributed by atoms with van der Waals surface area (Å²) in [4.78, 5) is 5.36. The Morgan fingerprint density at radius 1 is 0.375 bits per heavy atom. The maximum absolute atomic E-state index is 2.70. The van der Waals surface area contributed by atoms with Gasteiger partial charge in [-0.05, 0) is 95.5 Å². The molecule has 0 rings (SSSR count). The van der Waals surface area contributed by atoms with E-state index in [4.69, 9.17) is 0 Å². The summed E-state index contributed by atoms with van der Waals surface area (Å²) in [5, 5.41) is 0. The van der Waals surface area contributed by atoms with Crippen LogP contribution in [0.25, 0.3) is 0 Å². The van der Waals surface area contributed by atoms with E-state index in [2.05, 4.69) is 72.1 Å². The fourth-order valence-electron chi connectivity index (χ4n) is 3.75. The molecule has 0 aromatic heterocycles. The van der Waals surface area contributed by atoms with Gasteiger partial charge in [-0.3, -0.25) is 0 Å². The monoisotopic (exact) mass is 455 g/mol. The molecule has 0 aromatic carbocycles. The van der Waals surface area contributed by atoms with Crippen LogP contribution >= 0.6 is 0 Å². The predicted molar refractivity (Wildman–Crippen MR) is 150 cm³/mol. The van der Waals surface area contributed by atoms with Crippen LogP contribution in [0.3, 0.4) is 0 Å². The average Bonchev–Trinajstić information content (AvgIpc) is 2.73. The Bertz CT molecular complexity index is 285. The average molecular weight is 455 g/mol. The lowest BCUT2D eigenvalue weighted by molar-refractivity contribution is 0.231. The van der Waals surface area contributed by atoms with Crippen LogP contribution < -0.4 is 0 Å². The summed E-state index contributed by atoms with van der Waals surface area (Å²) in [5.74, 6) is 2.50. The first kappa shape index (κ1) is 34.1. The van der Waals surface area contributed by atoms with Crippen LogP contribution in [-0.2, 0) is 0 Å². The quantitative estimate of drug-likeness (QED) is 0.159. The van der Waals surface area contributed by atoms with Crippen LogP contribution in [0.2, 0.25) is 0 Å². The maximum Gasteiger partial charge on any atom is -0.00163 e. The molecule has 0 aliphatic carbocycles. The van der Waals surface area contributed by atoms with Gasteiger partial charge in [-0.1, -0.05) is 101 Å². The van der Waals surface area contributed by atoms with E-state index in [1.807, 2.05) is 0 Å². The maximum atomic E-state index is 2.70. The molecule has 0 aliphatic rings. The molecule has 0 radical (unpaired) electrons. The summed E-state index contributed by atoms with van der Waals surface area (Å²) in [6.07, 6.45) is 16.5. The van der Waals surface area contributed by atoms with E-state index in [1.54, 1.807) is 0 Å². The molecule has 0 saturated heterocycles. The standard InChI is InChI=1S/2C15H33N/c1-13(2)7-10-16(11-8-14(3)4)12-9-15(5)6;1-4-7-10-13-16(14-11-8-5-2)15-12-9-6-3/h13-15H,7-12H2,1-6H3;4-15H2,1-3H3. The highest BCUT2D eigenvalue weighted by Crippen LogP contribution is 2.09. The Morgan fingerprint density at radius 2 is 0.625 bits per heavy atom. The number of nitrogens with zero attached hydrogens (tertiary/aromatic N) is 2. The molecule has 2 nitrogen and oxygen atoms in total. The second kappa shape index (κ2) is 25.5. The van der Waals surface area contributed by atoms with E-state index in [0.29, 0.717) is 0 Å². The van der Waals surface area contributed by atoms with Crippen LogP contribution in [0, 0.1) is 17.8 Å². The zero-order chi connectivity index (χ0) is 24.6. The zero-order valence-electron chi connectivity index (χ0n) is 24.4. The molecule has 196 valence electrons. The Balaban J connectivity index is 0. The lowest BCUT2D eigenvalue weighted by Crippen LogP contribution is -2.29. The Labute approximate surface area is 206 Å². The first-order valence-corrected chi connectivity index (χ1v) is 14.7. The lowest BCUT2D eigenvalue weighted by atomic mass is 10.1. The van der Waals surface area contributed by atoms with Crippen molar-refractivity contribution >= 4 is 0 Å². The molecule has 0 saturated carbocycles. The predicted octanol–water partition coefficient (Wildman–Crippen LogP) is 9.29. The van der Waals surface area contributed by atoms with Crippen molar-refractivity contribution < 1.29 is 0 Å². The van der Waals surface area contributed by atoms with Gasteiger partial charge in [-0.2, -0.15) is 0 Å². The van der Waals surface area contributed by atoms with Crippen molar-refractivity contribution in [3.05, 3.63) is 0 Å². The van der Waals surface area contributed by atoms with Crippen molar-refractivity contribution in [2.45, 2.75) is 139 Å².